The van der Waals surface area contributed by atoms with E-state index in [1.165, 1.54) is 19.5 Å². The Hall–Kier alpha value is -3.70. The maximum Gasteiger partial charge on any atom is 0.320 e. The van der Waals surface area contributed by atoms with Crippen LogP contribution >= 0.6 is 0 Å². The van der Waals surface area contributed by atoms with E-state index in [4.69, 9.17) is 10.5 Å². The fourth-order valence-corrected chi connectivity index (χ4v) is 4.37. The number of anilines is 2. The van der Waals surface area contributed by atoms with Crippen molar-refractivity contribution in [3.8, 4) is 6.01 Å². The van der Waals surface area contributed by atoms with E-state index < -0.39 is 12.0 Å². The number of carboxylic acid groups (broad SMARTS) is 1. The van der Waals surface area contributed by atoms with Crippen LogP contribution in [0.25, 0.3) is 0 Å². The summed E-state index contributed by atoms with van der Waals surface area (Å²) >= 11 is 0. The summed E-state index contributed by atoms with van der Waals surface area (Å²) in [5.74, 6) is 0.451. The van der Waals surface area contributed by atoms with Crippen molar-refractivity contribution >= 4 is 23.8 Å². The Balaban J connectivity index is 1.42. The number of hydrogen-bond donors (Lipinski definition) is 3. The van der Waals surface area contributed by atoms with Crippen molar-refractivity contribution in [2.45, 2.75) is 44.1 Å². The van der Waals surface area contributed by atoms with Crippen LogP contribution in [0.5, 0.6) is 6.01 Å². The number of amides is 2. The van der Waals surface area contributed by atoms with Gasteiger partial charge in [0, 0.05) is 50.2 Å². The summed E-state index contributed by atoms with van der Waals surface area (Å²) in [4.78, 5) is 45.1. The minimum absolute atomic E-state index is 0.185. The second-order valence-electron chi connectivity index (χ2n) is 8.50. The van der Waals surface area contributed by atoms with Gasteiger partial charge in [-0.25, -0.2) is 19.7 Å². The van der Waals surface area contributed by atoms with E-state index >= 15 is 0 Å². The lowest BCUT2D eigenvalue weighted by Gasteiger charge is -2.27. The molecule has 3 heterocycles. The number of aromatic nitrogens is 4. The lowest BCUT2D eigenvalue weighted by Crippen LogP contribution is -2.36. The van der Waals surface area contributed by atoms with Crippen LogP contribution in [-0.2, 0) is 11.2 Å². The first-order chi connectivity index (χ1) is 16.4. The predicted octanol–water partition coefficient (Wildman–Crippen LogP) is 1.66. The molecule has 1 atom stereocenters. The fraction of sp³-hybridized carbons (Fsp3) is 0.545. The number of carbonyl (C=O) groups excluding carboxylic acids is 1. The van der Waals surface area contributed by atoms with Gasteiger partial charge in [-0.05, 0) is 31.6 Å². The van der Waals surface area contributed by atoms with Gasteiger partial charge in [-0.1, -0.05) is 0 Å². The minimum atomic E-state index is -0.999. The molecule has 2 amide bonds. The second kappa shape index (κ2) is 10.1. The van der Waals surface area contributed by atoms with Crippen LogP contribution in [0.3, 0.4) is 0 Å². The first-order valence-electron chi connectivity index (χ1n) is 11.4. The number of hydrogen-bond acceptors (Lipinski definition) is 9. The first kappa shape index (κ1) is 23.5. The Morgan fingerprint density at radius 2 is 2.03 bits per heavy atom. The molecule has 2 fully saturated rings. The Morgan fingerprint density at radius 3 is 2.65 bits per heavy atom. The minimum Gasteiger partial charge on any atom is -0.481 e. The summed E-state index contributed by atoms with van der Waals surface area (Å²) < 4.78 is 4.98. The predicted molar refractivity (Wildman–Crippen MR) is 124 cm³/mol. The highest BCUT2D eigenvalue weighted by atomic mass is 16.5. The lowest BCUT2D eigenvalue weighted by molar-refractivity contribution is -0.138. The summed E-state index contributed by atoms with van der Waals surface area (Å²) in [7, 11) is 3.21. The van der Waals surface area contributed by atoms with Gasteiger partial charge in [0.1, 0.15) is 5.82 Å². The summed E-state index contributed by atoms with van der Waals surface area (Å²) in [5.41, 5.74) is 8.72. The number of aryl methyl sites for hydroxylation is 1. The first-order valence-corrected chi connectivity index (χ1v) is 11.4. The highest BCUT2D eigenvalue weighted by Gasteiger charge is 2.36. The number of carboxylic acids is 1. The number of ether oxygens (including phenoxy) is 1. The third-order valence-electron chi connectivity index (χ3n) is 6.19. The van der Waals surface area contributed by atoms with Crippen molar-refractivity contribution < 1.29 is 19.4 Å². The van der Waals surface area contributed by atoms with E-state index in [1.54, 1.807) is 16.8 Å². The van der Waals surface area contributed by atoms with E-state index in [9.17, 15) is 14.7 Å². The largest absolute Gasteiger partial charge is 0.481 e. The molecule has 1 aliphatic carbocycles. The molecule has 2 aliphatic rings. The smallest absolute Gasteiger partial charge is 0.320 e. The van der Waals surface area contributed by atoms with E-state index in [2.05, 4.69) is 25.3 Å². The molecule has 2 aromatic rings. The molecule has 12 heteroatoms. The van der Waals surface area contributed by atoms with Crippen LogP contribution in [0.4, 0.5) is 16.6 Å². The number of nitrogens with one attached hydrogen (secondary N) is 1. The number of nitrogen functional groups attached to an aromatic ring is 1. The van der Waals surface area contributed by atoms with Gasteiger partial charge >= 0.3 is 18.0 Å². The molecule has 1 aliphatic heterocycles. The summed E-state index contributed by atoms with van der Waals surface area (Å²) in [6, 6.07) is -0.658. The van der Waals surface area contributed by atoms with Crippen LogP contribution in [0, 0.1) is 0 Å². The van der Waals surface area contributed by atoms with E-state index in [1.807, 2.05) is 0 Å². The molecule has 4 N–H and O–H groups in total. The van der Waals surface area contributed by atoms with Gasteiger partial charge < -0.3 is 30.7 Å². The summed E-state index contributed by atoms with van der Waals surface area (Å²) in [6.07, 6.45) is 6.38. The van der Waals surface area contributed by atoms with Gasteiger partial charge in [-0.15, -0.1) is 0 Å². The molecular formula is C22H30N8O4. The van der Waals surface area contributed by atoms with Gasteiger partial charge in [0.25, 0.3) is 0 Å². The van der Waals surface area contributed by atoms with E-state index in [0.29, 0.717) is 55.7 Å². The topological polar surface area (TPSA) is 160 Å². The summed E-state index contributed by atoms with van der Waals surface area (Å²) in [6.45, 7) is 1.49. The third kappa shape index (κ3) is 5.10. The molecular weight excluding hydrogens is 440 g/mol. The Labute approximate surface area is 197 Å². The molecule has 0 radical (unpaired) electrons. The summed E-state index contributed by atoms with van der Waals surface area (Å²) in [5, 5.41) is 12.4. The van der Waals surface area contributed by atoms with Crippen molar-refractivity contribution in [2.75, 3.05) is 44.8 Å². The molecule has 12 nitrogen and oxygen atoms in total. The highest BCUT2D eigenvalue weighted by molar-refractivity contribution is 5.78. The number of urea groups is 1. The molecule has 0 spiro atoms. The van der Waals surface area contributed by atoms with Crippen LogP contribution < -0.4 is 15.8 Å². The number of rotatable bonds is 11. The Bertz CT molecular complexity index is 1040. The lowest BCUT2D eigenvalue weighted by atomic mass is 10.1. The zero-order valence-electron chi connectivity index (χ0n) is 19.4. The Morgan fingerprint density at radius 1 is 1.29 bits per heavy atom. The monoisotopic (exact) mass is 470 g/mol. The number of nitrogens with two attached hydrogens (primary N) is 1. The van der Waals surface area contributed by atoms with E-state index in [0.717, 1.165) is 24.1 Å². The fourth-order valence-electron chi connectivity index (χ4n) is 4.37. The second-order valence-corrected chi connectivity index (χ2v) is 8.50. The van der Waals surface area contributed by atoms with Gasteiger partial charge in [-0.2, -0.15) is 4.98 Å². The van der Waals surface area contributed by atoms with Crippen LogP contribution in [0.2, 0.25) is 0 Å². The third-order valence-corrected chi connectivity index (χ3v) is 6.19. The molecule has 0 bridgehead atoms. The van der Waals surface area contributed by atoms with Crippen LogP contribution in [0.1, 0.15) is 54.5 Å². The molecule has 34 heavy (non-hydrogen) atoms. The zero-order chi connectivity index (χ0) is 24.2. The van der Waals surface area contributed by atoms with Crippen LogP contribution in [-0.4, -0.2) is 80.6 Å². The standard InChI is InChI=1S/C22H30N8O4/c1-24-20-27-15(18(13-5-6-13)19(23)28-20)4-3-7-29-8-9-30(22(29)33)16(10-17(31)32)14-11-25-21(34-2)26-12-14/h11-13,16H,3-10H2,1-2H3,(H,31,32)(H3,23,24,27,28). The van der Waals surface area contributed by atoms with Gasteiger partial charge in [0.2, 0.25) is 5.95 Å². The maximum atomic E-state index is 13.1. The molecule has 1 saturated carbocycles. The van der Waals surface area contributed by atoms with Gasteiger partial charge in [-0.3, -0.25) is 4.79 Å². The van der Waals surface area contributed by atoms with Gasteiger partial charge in [0.05, 0.1) is 25.3 Å². The molecule has 1 saturated heterocycles. The van der Waals surface area contributed by atoms with Crippen molar-refractivity contribution in [3.63, 3.8) is 0 Å². The highest BCUT2D eigenvalue weighted by Crippen LogP contribution is 2.44. The average Bonchev–Trinajstić information content (AvgIpc) is 3.60. The average molecular weight is 471 g/mol. The van der Waals surface area contributed by atoms with Crippen molar-refractivity contribution in [1.82, 2.24) is 29.7 Å². The Kier molecular flexibility index (Phi) is 6.94. The maximum absolute atomic E-state index is 13.1. The van der Waals surface area contributed by atoms with Crippen LogP contribution in [0.15, 0.2) is 12.4 Å². The quantitative estimate of drug-likeness (QED) is 0.441. The number of aliphatic carboxylic acids is 1. The van der Waals surface area contributed by atoms with E-state index in [-0.39, 0.29) is 18.5 Å². The zero-order valence-corrected chi connectivity index (χ0v) is 19.4. The SMILES string of the molecule is CNc1nc(N)c(C2CC2)c(CCCN2CCN(C(CC(=O)O)c3cnc(OC)nc3)C2=O)n1. The number of methoxy groups -OCH3 is 1. The van der Waals surface area contributed by atoms with Crippen molar-refractivity contribution in [2.24, 2.45) is 0 Å². The number of nitrogens with zero attached hydrogens (tertiary/aromatic N) is 6. The molecule has 2 aromatic heterocycles. The normalized spacial score (nSPS) is 16.6. The van der Waals surface area contributed by atoms with Crippen molar-refractivity contribution in [1.29, 1.82) is 0 Å². The molecule has 4 rings (SSSR count). The molecule has 1 unspecified atom stereocenters. The molecule has 182 valence electrons. The van der Waals surface area contributed by atoms with Gasteiger partial charge in [0.15, 0.2) is 0 Å². The van der Waals surface area contributed by atoms with Crippen molar-refractivity contribution in [3.05, 3.63) is 29.2 Å². The number of carbonyl (C=O) groups is 2. The molecule has 0 aromatic carbocycles.